The first-order chi connectivity index (χ1) is 13.0. The number of hydrogen-bond donors (Lipinski definition) is 2. The molecule has 2 N–H and O–H groups in total. The quantitative estimate of drug-likeness (QED) is 0.373. The molecule has 0 unspecified atom stereocenters. The Labute approximate surface area is 161 Å². The number of H-pyrrole nitrogens is 1. The molecule has 3 aromatic rings. The lowest BCUT2D eigenvalue weighted by Crippen LogP contribution is -2.25. The molecule has 0 bridgehead atoms. The number of nitrogens with one attached hydrogen (secondary N) is 2. The van der Waals surface area contributed by atoms with E-state index in [1.807, 2.05) is 19.4 Å². The lowest BCUT2D eigenvalue weighted by molar-refractivity contribution is 0.0953. The molecule has 7 nitrogen and oxygen atoms in total. The first-order valence-electron chi connectivity index (χ1n) is 8.63. The Kier molecular flexibility index (Phi) is 5.66. The third-order valence-electron chi connectivity index (χ3n) is 4.24. The Morgan fingerprint density at radius 3 is 2.96 bits per heavy atom. The van der Waals surface area contributed by atoms with Gasteiger partial charge in [0.1, 0.15) is 0 Å². The van der Waals surface area contributed by atoms with Crippen LogP contribution in [0.4, 0.5) is 0 Å². The van der Waals surface area contributed by atoms with Crippen molar-refractivity contribution in [1.29, 1.82) is 0 Å². The van der Waals surface area contributed by atoms with E-state index < -0.39 is 0 Å². The molecule has 0 aliphatic rings. The molecule has 0 fully saturated rings. The fraction of sp³-hybridized carbons (Fsp3) is 0.263. The summed E-state index contributed by atoms with van der Waals surface area (Å²) in [5.41, 5.74) is 1.97. The monoisotopic (exact) mass is 383 g/mol. The molecule has 0 saturated carbocycles. The van der Waals surface area contributed by atoms with Crippen molar-refractivity contribution in [1.82, 2.24) is 24.6 Å². The molecule has 27 heavy (non-hydrogen) atoms. The fourth-order valence-electron chi connectivity index (χ4n) is 2.89. The van der Waals surface area contributed by atoms with Crippen LogP contribution in [0.1, 0.15) is 22.3 Å². The zero-order chi connectivity index (χ0) is 19.4. The third-order valence-corrected chi connectivity index (χ3v) is 4.56. The molecule has 3 rings (SSSR count). The number of aromatic amines is 1. The van der Waals surface area contributed by atoms with E-state index in [1.165, 1.54) is 4.57 Å². The first-order valence-corrected chi connectivity index (χ1v) is 9.04. The number of benzene rings is 1. The fourth-order valence-corrected chi connectivity index (χ4v) is 3.16. The Hall–Kier alpha value is -3.00. The number of aryl methyl sites for hydroxylation is 2. The number of allylic oxidation sites excluding steroid dienone is 1. The molecular weight excluding hydrogens is 362 g/mol. The maximum absolute atomic E-state index is 12.5. The van der Waals surface area contributed by atoms with Crippen LogP contribution in [-0.4, -0.2) is 31.8 Å². The summed E-state index contributed by atoms with van der Waals surface area (Å²) in [6, 6.07) is 4.95. The molecule has 0 radical (unpaired) electrons. The van der Waals surface area contributed by atoms with Gasteiger partial charge in [0, 0.05) is 31.9 Å². The van der Waals surface area contributed by atoms with Crippen molar-refractivity contribution in [3.63, 3.8) is 0 Å². The Bertz CT molecular complexity index is 1110. The summed E-state index contributed by atoms with van der Waals surface area (Å²) < 4.78 is 3.50. The second-order valence-corrected chi connectivity index (χ2v) is 6.66. The van der Waals surface area contributed by atoms with Crippen LogP contribution in [0, 0.1) is 4.77 Å². The normalized spacial score (nSPS) is 10.9. The van der Waals surface area contributed by atoms with Crippen molar-refractivity contribution in [3.05, 3.63) is 69.5 Å². The molecule has 0 aliphatic heterocycles. The summed E-state index contributed by atoms with van der Waals surface area (Å²) in [7, 11) is 1.88. The lowest BCUT2D eigenvalue weighted by atomic mass is 10.1. The molecular formula is C19H21N5O2S. The number of fused-ring (bicyclic) bond motifs is 1. The highest BCUT2D eigenvalue weighted by Crippen LogP contribution is 2.11. The number of aromatic nitrogens is 4. The van der Waals surface area contributed by atoms with Gasteiger partial charge in [-0.2, -0.15) is 5.10 Å². The minimum absolute atomic E-state index is 0.183. The van der Waals surface area contributed by atoms with Crippen LogP contribution in [0.5, 0.6) is 0 Å². The smallest absolute Gasteiger partial charge is 0.262 e. The van der Waals surface area contributed by atoms with E-state index in [4.69, 9.17) is 12.2 Å². The van der Waals surface area contributed by atoms with E-state index in [2.05, 4.69) is 22.0 Å². The number of hydrogen-bond acceptors (Lipinski definition) is 4. The minimum atomic E-state index is -0.197. The standard InChI is InChI=1S/C19H21N5O2S/c1-3-9-24-18(26)15-7-6-14(10-16(15)22-19(24)27)17(25)20-8-4-5-13-11-21-23(2)12-13/h3,6-7,10-12H,1,4-5,8-9H2,2H3,(H,20,25)(H,22,27). The van der Waals surface area contributed by atoms with Crippen LogP contribution in [0.15, 0.2) is 48.0 Å². The second kappa shape index (κ2) is 8.13. The van der Waals surface area contributed by atoms with Crippen LogP contribution in [0.25, 0.3) is 10.9 Å². The maximum atomic E-state index is 12.5. The Morgan fingerprint density at radius 1 is 1.44 bits per heavy atom. The van der Waals surface area contributed by atoms with Gasteiger partial charge in [0.25, 0.3) is 11.5 Å². The van der Waals surface area contributed by atoms with Gasteiger partial charge in [-0.3, -0.25) is 18.8 Å². The highest BCUT2D eigenvalue weighted by atomic mass is 32.1. The van der Waals surface area contributed by atoms with Crippen LogP contribution < -0.4 is 10.9 Å². The highest BCUT2D eigenvalue weighted by Gasteiger charge is 2.10. The zero-order valence-corrected chi connectivity index (χ0v) is 15.9. The number of carbonyl (C=O) groups excluding carboxylic acids is 1. The third kappa shape index (κ3) is 4.22. The van der Waals surface area contributed by atoms with Gasteiger partial charge in [0.15, 0.2) is 4.77 Å². The summed E-state index contributed by atoms with van der Waals surface area (Å²) in [5.74, 6) is -0.183. The highest BCUT2D eigenvalue weighted by molar-refractivity contribution is 7.71. The van der Waals surface area contributed by atoms with Crippen molar-refractivity contribution in [2.24, 2.45) is 7.05 Å². The van der Waals surface area contributed by atoms with E-state index in [9.17, 15) is 9.59 Å². The van der Waals surface area contributed by atoms with Gasteiger partial charge in [-0.25, -0.2) is 0 Å². The van der Waals surface area contributed by atoms with Crippen molar-refractivity contribution in [2.45, 2.75) is 19.4 Å². The summed E-state index contributed by atoms with van der Waals surface area (Å²) in [6.45, 7) is 4.53. The Morgan fingerprint density at radius 2 is 2.26 bits per heavy atom. The number of nitrogens with zero attached hydrogens (tertiary/aromatic N) is 3. The van der Waals surface area contributed by atoms with E-state index in [-0.39, 0.29) is 11.5 Å². The molecule has 8 heteroatoms. The summed E-state index contributed by atoms with van der Waals surface area (Å²) in [4.78, 5) is 27.9. The molecule has 1 aromatic carbocycles. The van der Waals surface area contributed by atoms with Gasteiger partial charge in [-0.1, -0.05) is 6.08 Å². The van der Waals surface area contributed by atoms with Crippen molar-refractivity contribution < 1.29 is 4.79 Å². The maximum Gasteiger partial charge on any atom is 0.262 e. The predicted molar refractivity (Wildman–Crippen MR) is 107 cm³/mol. The van der Waals surface area contributed by atoms with Gasteiger partial charge in [0.05, 0.1) is 17.1 Å². The number of carbonyl (C=O) groups is 1. The minimum Gasteiger partial charge on any atom is -0.352 e. The average molecular weight is 383 g/mol. The molecule has 2 aromatic heterocycles. The summed E-state index contributed by atoms with van der Waals surface area (Å²) in [6.07, 6.45) is 7.07. The van der Waals surface area contributed by atoms with E-state index in [0.29, 0.717) is 34.3 Å². The molecule has 0 aliphatic carbocycles. The Balaban J connectivity index is 1.69. The van der Waals surface area contributed by atoms with Crippen LogP contribution in [0.2, 0.25) is 0 Å². The van der Waals surface area contributed by atoms with Crippen LogP contribution >= 0.6 is 12.2 Å². The first kappa shape index (κ1) is 18.8. The molecule has 2 heterocycles. The van der Waals surface area contributed by atoms with Gasteiger partial charge in [0.2, 0.25) is 0 Å². The van der Waals surface area contributed by atoms with E-state index in [1.54, 1.807) is 29.0 Å². The van der Waals surface area contributed by atoms with Gasteiger partial charge in [-0.05, 0) is 48.8 Å². The number of rotatable bonds is 7. The molecule has 0 atom stereocenters. The topological polar surface area (TPSA) is 84.7 Å². The molecule has 140 valence electrons. The summed E-state index contributed by atoms with van der Waals surface area (Å²) >= 11 is 5.23. The summed E-state index contributed by atoms with van der Waals surface area (Å²) in [5, 5.41) is 7.51. The zero-order valence-electron chi connectivity index (χ0n) is 15.1. The van der Waals surface area contributed by atoms with Crippen molar-refractivity contribution in [3.8, 4) is 0 Å². The molecule has 0 spiro atoms. The van der Waals surface area contributed by atoms with Crippen molar-refractivity contribution >= 4 is 29.0 Å². The van der Waals surface area contributed by atoms with E-state index >= 15 is 0 Å². The van der Waals surface area contributed by atoms with Crippen LogP contribution in [0.3, 0.4) is 0 Å². The van der Waals surface area contributed by atoms with Gasteiger partial charge < -0.3 is 10.3 Å². The van der Waals surface area contributed by atoms with E-state index in [0.717, 1.165) is 18.4 Å². The number of amides is 1. The second-order valence-electron chi connectivity index (χ2n) is 6.28. The van der Waals surface area contributed by atoms with Gasteiger partial charge >= 0.3 is 0 Å². The lowest BCUT2D eigenvalue weighted by Gasteiger charge is -2.08. The predicted octanol–water partition coefficient (Wildman–Crippen LogP) is 2.34. The average Bonchev–Trinajstić information content (AvgIpc) is 3.06. The van der Waals surface area contributed by atoms with Crippen LogP contribution in [-0.2, 0) is 20.0 Å². The largest absolute Gasteiger partial charge is 0.352 e. The van der Waals surface area contributed by atoms with Crippen molar-refractivity contribution in [2.75, 3.05) is 6.54 Å². The molecule has 0 saturated heterocycles. The van der Waals surface area contributed by atoms with Gasteiger partial charge in [-0.15, -0.1) is 6.58 Å². The molecule has 1 amide bonds. The SMILES string of the molecule is C=CCn1c(=S)[nH]c2cc(C(=O)NCCCc3cnn(C)c3)ccc2c1=O.